The molecule has 2 aromatic rings. The maximum atomic E-state index is 12.6. The molecule has 0 spiro atoms. The van der Waals surface area contributed by atoms with E-state index in [4.69, 9.17) is 4.98 Å². The standard InChI is InChI=1S/C27H38N4O3/c1-3-31(18-8-7-13-23-15-14-22-12-9-17-28-25(22)29-23)19-16-24(27(33)34)30-26(32)20(2)21-10-5-4-6-11-21/h4-6,10-11,14-15,20,24H,3,7-9,12-13,16-19H2,1-2H3,(H,28,29)(H,30,32)(H,33,34). The monoisotopic (exact) mass is 466 g/mol. The fourth-order valence-electron chi connectivity index (χ4n) is 4.34. The number of carboxylic acid groups (broad SMARTS) is 1. The van der Waals surface area contributed by atoms with Crippen LogP contribution in [0.3, 0.4) is 0 Å². The van der Waals surface area contributed by atoms with E-state index < -0.39 is 17.9 Å². The number of nitrogens with one attached hydrogen (secondary N) is 2. The van der Waals surface area contributed by atoms with Crippen LogP contribution in [0.1, 0.15) is 62.3 Å². The molecule has 2 atom stereocenters. The van der Waals surface area contributed by atoms with Crippen molar-refractivity contribution in [3.63, 3.8) is 0 Å². The van der Waals surface area contributed by atoms with Crippen molar-refractivity contribution >= 4 is 17.7 Å². The number of rotatable bonds is 13. The first-order valence-electron chi connectivity index (χ1n) is 12.5. The Morgan fingerprint density at radius 2 is 1.94 bits per heavy atom. The number of aromatic nitrogens is 1. The van der Waals surface area contributed by atoms with Crippen molar-refractivity contribution in [1.82, 2.24) is 15.2 Å². The highest BCUT2D eigenvalue weighted by Gasteiger charge is 2.24. The molecule has 7 heteroatoms. The van der Waals surface area contributed by atoms with Gasteiger partial charge in [0.25, 0.3) is 0 Å². The average molecular weight is 467 g/mol. The molecule has 0 aliphatic carbocycles. The minimum absolute atomic E-state index is 0.256. The van der Waals surface area contributed by atoms with Gasteiger partial charge < -0.3 is 20.6 Å². The largest absolute Gasteiger partial charge is 0.480 e. The minimum Gasteiger partial charge on any atom is -0.480 e. The van der Waals surface area contributed by atoms with E-state index in [1.807, 2.05) is 30.3 Å². The summed E-state index contributed by atoms with van der Waals surface area (Å²) in [6, 6.07) is 12.9. The van der Waals surface area contributed by atoms with Crippen molar-refractivity contribution in [3.8, 4) is 0 Å². The van der Waals surface area contributed by atoms with Crippen molar-refractivity contribution in [2.45, 2.75) is 64.3 Å². The number of aliphatic carboxylic acids is 1. The van der Waals surface area contributed by atoms with Gasteiger partial charge in [0.1, 0.15) is 11.9 Å². The number of fused-ring (bicyclic) bond motifs is 1. The molecular formula is C27H38N4O3. The average Bonchev–Trinajstić information content (AvgIpc) is 2.87. The summed E-state index contributed by atoms with van der Waals surface area (Å²) < 4.78 is 0. The zero-order valence-corrected chi connectivity index (χ0v) is 20.4. The fraction of sp³-hybridized carbons (Fsp3) is 0.519. The molecule has 1 amide bonds. The Kier molecular flexibility index (Phi) is 9.89. The van der Waals surface area contributed by atoms with Crippen LogP contribution in [0.25, 0.3) is 0 Å². The molecule has 34 heavy (non-hydrogen) atoms. The molecule has 3 N–H and O–H groups in total. The lowest BCUT2D eigenvalue weighted by molar-refractivity contribution is -0.142. The number of anilines is 1. The fourth-order valence-corrected chi connectivity index (χ4v) is 4.34. The lowest BCUT2D eigenvalue weighted by Crippen LogP contribution is -2.44. The Balaban J connectivity index is 1.41. The second-order valence-electron chi connectivity index (χ2n) is 9.05. The summed E-state index contributed by atoms with van der Waals surface area (Å²) in [4.78, 5) is 31.4. The molecule has 3 rings (SSSR count). The maximum Gasteiger partial charge on any atom is 0.326 e. The van der Waals surface area contributed by atoms with E-state index in [-0.39, 0.29) is 5.91 Å². The maximum absolute atomic E-state index is 12.6. The van der Waals surface area contributed by atoms with Gasteiger partial charge in [0.2, 0.25) is 5.91 Å². The first kappa shape index (κ1) is 25.7. The zero-order valence-electron chi connectivity index (χ0n) is 20.4. The van der Waals surface area contributed by atoms with Crippen LogP contribution in [0.5, 0.6) is 0 Å². The molecule has 2 heterocycles. The van der Waals surface area contributed by atoms with Crippen molar-refractivity contribution < 1.29 is 14.7 Å². The predicted molar refractivity (Wildman–Crippen MR) is 135 cm³/mol. The van der Waals surface area contributed by atoms with Crippen LogP contribution in [0, 0.1) is 0 Å². The van der Waals surface area contributed by atoms with E-state index in [0.29, 0.717) is 13.0 Å². The number of amides is 1. The SMILES string of the molecule is CCN(CCCCc1ccc2c(n1)NCCC2)CCC(NC(=O)C(C)c1ccccc1)C(=O)O. The normalized spacial score (nSPS) is 14.7. The van der Waals surface area contributed by atoms with E-state index in [2.05, 4.69) is 34.6 Å². The molecule has 1 aromatic heterocycles. The number of hydrogen-bond acceptors (Lipinski definition) is 5. The van der Waals surface area contributed by atoms with Crippen molar-refractivity contribution in [1.29, 1.82) is 0 Å². The number of unbranched alkanes of at least 4 members (excludes halogenated alkanes) is 1. The molecule has 0 saturated heterocycles. The molecule has 1 aliphatic rings. The Labute approximate surface area is 203 Å². The topological polar surface area (TPSA) is 94.6 Å². The molecule has 0 radical (unpaired) electrons. The van der Waals surface area contributed by atoms with Gasteiger partial charge in [-0.15, -0.1) is 0 Å². The van der Waals surface area contributed by atoms with Crippen LogP contribution in [-0.4, -0.2) is 59.1 Å². The number of aryl methyl sites for hydroxylation is 2. The molecule has 1 aliphatic heterocycles. The van der Waals surface area contributed by atoms with Gasteiger partial charge in [-0.05, 0) is 75.7 Å². The highest BCUT2D eigenvalue weighted by Crippen LogP contribution is 2.20. The summed E-state index contributed by atoms with van der Waals surface area (Å²) in [6.45, 7) is 7.27. The smallest absolute Gasteiger partial charge is 0.326 e. The third kappa shape index (κ3) is 7.55. The molecule has 0 fully saturated rings. The van der Waals surface area contributed by atoms with Crippen LogP contribution >= 0.6 is 0 Å². The van der Waals surface area contributed by atoms with Crippen LogP contribution in [0.15, 0.2) is 42.5 Å². The van der Waals surface area contributed by atoms with Gasteiger partial charge in [0.05, 0.1) is 5.92 Å². The van der Waals surface area contributed by atoms with Gasteiger partial charge >= 0.3 is 5.97 Å². The van der Waals surface area contributed by atoms with Crippen LogP contribution < -0.4 is 10.6 Å². The van der Waals surface area contributed by atoms with Gasteiger partial charge in [-0.2, -0.15) is 0 Å². The van der Waals surface area contributed by atoms with E-state index in [0.717, 1.165) is 62.4 Å². The van der Waals surface area contributed by atoms with Crippen LogP contribution in [-0.2, 0) is 22.4 Å². The highest BCUT2D eigenvalue weighted by atomic mass is 16.4. The number of carbonyl (C=O) groups excluding carboxylic acids is 1. The summed E-state index contributed by atoms with van der Waals surface area (Å²) in [5.41, 5.74) is 3.31. The lowest BCUT2D eigenvalue weighted by Gasteiger charge is -2.24. The summed E-state index contributed by atoms with van der Waals surface area (Å²) in [6.07, 6.45) is 5.65. The lowest BCUT2D eigenvalue weighted by atomic mass is 10.00. The molecule has 2 unspecified atom stereocenters. The number of benzene rings is 1. The zero-order chi connectivity index (χ0) is 24.3. The third-order valence-electron chi connectivity index (χ3n) is 6.60. The Bertz CT molecular complexity index is 935. The first-order valence-corrected chi connectivity index (χ1v) is 12.5. The number of carboxylic acids is 1. The van der Waals surface area contributed by atoms with E-state index in [1.165, 1.54) is 12.0 Å². The van der Waals surface area contributed by atoms with Gasteiger partial charge in [-0.25, -0.2) is 9.78 Å². The van der Waals surface area contributed by atoms with Gasteiger partial charge in [-0.1, -0.05) is 43.3 Å². The van der Waals surface area contributed by atoms with E-state index >= 15 is 0 Å². The predicted octanol–water partition coefficient (Wildman–Crippen LogP) is 3.85. The molecule has 0 bridgehead atoms. The number of hydrogen-bond donors (Lipinski definition) is 3. The van der Waals surface area contributed by atoms with Crippen molar-refractivity contribution in [2.75, 3.05) is 31.5 Å². The summed E-state index contributed by atoms with van der Waals surface area (Å²) in [5.74, 6) is -0.592. The van der Waals surface area contributed by atoms with Gasteiger partial charge in [-0.3, -0.25) is 4.79 Å². The van der Waals surface area contributed by atoms with Crippen molar-refractivity contribution in [3.05, 3.63) is 59.3 Å². The van der Waals surface area contributed by atoms with Crippen molar-refractivity contribution in [2.24, 2.45) is 0 Å². The van der Waals surface area contributed by atoms with Gasteiger partial charge in [0, 0.05) is 18.8 Å². The molecule has 1 aromatic carbocycles. The number of pyridine rings is 1. The summed E-state index contributed by atoms with van der Waals surface area (Å²) >= 11 is 0. The molecular weight excluding hydrogens is 428 g/mol. The second-order valence-corrected chi connectivity index (χ2v) is 9.05. The highest BCUT2D eigenvalue weighted by molar-refractivity contribution is 5.87. The molecule has 0 saturated carbocycles. The van der Waals surface area contributed by atoms with Gasteiger partial charge in [0.15, 0.2) is 0 Å². The van der Waals surface area contributed by atoms with E-state index in [9.17, 15) is 14.7 Å². The minimum atomic E-state index is -0.989. The number of carbonyl (C=O) groups is 2. The molecule has 7 nitrogen and oxygen atoms in total. The Hall–Kier alpha value is -2.93. The number of nitrogens with zero attached hydrogens (tertiary/aromatic N) is 2. The summed E-state index contributed by atoms with van der Waals surface area (Å²) in [7, 11) is 0. The van der Waals surface area contributed by atoms with Crippen LogP contribution in [0.4, 0.5) is 5.82 Å². The van der Waals surface area contributed by atoms with Crippen LogP contribution in [0.2, 0.25) is 0 Å². The Morgan fingerprint density at radius 1 is 1.15 bits per heavy atom. The van der Waals surface area contributed by atoms with E-state index in [1.54, 1.807) is 6.92 Å². The first-order chi connectivity index (χ1) is 16.5. The quantitative estimate of drug-likeness (QED) is 0.388. The Morgan fingerprint density at radius 3 is 2.68 bits per heavy atom. The summed E-state index contributed by atoms with van der Waals surface area (Å²) in [5, 5.41) is 15.8. The second kappa shape index (κ2) is 13.1. The third-order valence-corrected chi connectivity index (χ3v) is 6.60. The molecule has 184 valence electrons.